The maximum absolute atomic E-state index is 11.7. The minimum Gasteiger partial charge on any atom is -0.314 e. The van der Waals surface area contributed by atoms with Crippen molar-refractivity contribution in [2.24, 2.45) is 0 Å². The molecule has 0 aliphatic heterocycles. The summed E-state index contributed by atoms with van der Waals surface area (Å²) in [5.74, 6) is 0. The highest BCUT2D eigenvalue weighted by Gasteiger charge is 2.23. The molecule has 0 saturated heterocycles. The lowest BCUT2D eigenvalue weighted by Gasteiger charge is -2.35. The summed E-state index contributed by atoms with van der Waals surface area (Å²) in [5, 5.41) is 3.55. The van der Waals surface area contributed by atoms with E-state index in [9.17, 15) is 4.79 Å². The monoisotopic (exact) mass is 277 g/mol. The van der Waals surface area contributed by atoms with Crippen molar-refractivity contribution in [3.63, 3.8) is 0 Å². The van der Waals surface area contributed by atoms with E-state index in [1.165, 1.54) is 25.7 Å². The Morgan fingerprint density at radius 1 is 1.30 bits per heavy atom. The molecule has 1 N–H and O–H groups in total. The van der Waals surface area contributed by atoms with Crippen LogP contribution in [0.1, 0.15) is 32.6 Å². The number of hydrogen-bond donors (Lipinski definition) is 1. The molecule has 1 aliphatic carbocycles. The van der Waals surface area contributed by atoms with Gasteiger partial charge in [-0.05, 0) is 45.3 Å². The summed E-state index contributed by atoms with van der Waals surface area (Å²) < 4.78 is 1.79. The summed E-state index contributed by atoms with van der Waals surface area (Å²) in [6.45, 7) is 4.97. The minimum absolute atomic E-state index is 0.0942. The molecule has 1 aliphatic rings. The zero-order valence-corrected chi connectivity index (χ0v) is 12.7. The standard InChI is InChI=1S/C16H27N3O/c1-3-17-14-7-9-15(10-8-14)18(2)12-13-19-11-5-4-6-16(19)20/h4-6,11,14-15,17H,3,7-10,12-13H2,1-2H3. The van der Waals surface area contributed by atoms with E-state index in [1.54, 1.807) is 16.7 Å². The largest absolute Gasteiger partial charge is 0.314 e. The van der Waals surface area contributed by atoms with Crippen molar-refractivity contribution in [1.82, 2.24) is 14.8 Å². The number of nitrogens with one attached hydrogen (secondary N) is 1. The first-order chi connectivity index (χ1) is 9.70. The average molecular weight is 277 g/mol. The Morgan fingerprint density at radius 3 is 2.70 bits per heavy atom. The Morgan fingerprint density at radius 2 is 2.05 bits per heavy atom. The van der Waals surface area contributed by atoms with Crippen molar-refractivity contribution in [2.45, 2.75) is 51.2 Å². The summed E-state index contributed by atoms with van der Waals surface area (Å²) in [6, 6.07) is 6.72. The summed E-state index contributed by atoms with van der Waals surface area (Å²) in [7, 11) is 2.19. The van der Waals surface area contributed by atoms with Crippen molar-refractivity contribution in [3.8, 4) is 0 Å². The van der Waals surface area contributed by atoms with Gasteiger partial charge in [-0.15, -0.1) is 0 Å². The molecule has 0 spiro atoms. The first-order valence-corrected chi connectivity index (χ1v) is 7.79. The van der Waals surface area contributed by atoms with Crippen molar-refractivity contribution >= 4 is 0 Å². The molecule has 0 amide bonds. The van der Waals surface area contributed by atoms with Gasteiger partial charge >= 0.3 is 0 Å². The molecule has 1 heterocycles. The van der Waals surface area contributed by atoms with E-state index < -0.39 is 0 Å². The molecule has 112 valence electrons. The van der Waals surface area contributed by atoms with Crippen molar-refractivity contribution in [3.05, 3.63) is 34.7 Å². The number of aromatic nitrogens is 1. The van der Waals surface area contributed by atoms with E-state index in [0.29, 0.717) is 12.1 Å². The zero-order chi connectivity index (χ0) is 14.4. The third kappa shape index (κ3) is 4.18. The maximum Gasteiger partial charge on any atom is 0.250 e. The lowest BCUT2D eigenvalue weighted by molar-refractivity contribution is 0.169. The van der Waals surface area contributed by atoms with Crippen LogP contribution in [-0.4, -0.2) is 41.7 Å². The van der Waals surface area contributed by atoms with Gasteiger partial charge in [0.25, 0.3) is 5.56 Å². The topological polar surface area (TPSA) is 37.3 Å². The lowest BCUT2D eigenvalue weighted by atomic mass is 9.90. The normalized spacial score (nSPS) is 23.1. The molecule has 2 rings (SSSR count). The predicted molar refractivity (Wildman–Crippen MR) is 83.1 cm³/mol. The van der Waals surface area contributed by atoms with Gasteiger partial charge in [0, 0.05) is 37.4 Å². The highest BCUT2D eigenvalue weighted by molar-refractivity contribution is 4.93. The highest BCUT2D eigenvalue weighted by Crippen LogP contribution is 2.22. The van der Waals surface area contributed by atoms with E-state index >= 15 is 0 Å². The van der Waals surface area contributed by atoms with Crippen LogP contribution < -0.4 is 10.9 Å². The summed E-state index contributed by atoms with van der Waals surface area (Å²) in [5.41, 5.74) is 0.0942. The van der Waals surface area contributed by atoms with Gasteiger partial charge in [-0.1, -0.05) is 13.0 Å². The summed E-state index contributed by atoms with van der Waals surface area (Å²) in [6.07, 6.45) is 6.94. The molecule has 1 aromatic rings. The highest BCUT2D eigenvalue weighted by atomic mass is 16.1. The molecule has 1 aromatic heterocycles. The lowest BCUT2D eigenvalue weighted by Crippen LogP contribution is -2.42. The molecule has 1 saturated carbocycles. The second kappa shape index (κ2) is 7.60. The van der Waals surface area contributed by atoms with Crippen LogP contribution in [0.15, 0.2) is 29.2 Å². The van der Waals surface area contributed by atoms with Crippen molar-refractivity contribution in [1.29, 1.82) is 0 Å². The Balaban J connectivity index is 1.77. The number of rotatable bonds is 6. The van der Waals surface area contributed by atoms with Gasteiger partial charge in [-0.2, -0.15) is 0 Å². The van der Waals surface area contributed by atoms with Gasteiger partial charge in [-0.25, -0.2) is 0 Å². The van der Waals surface area contributed by atoms with Crippen molar-refractivity contribution in [2.75, 3.05) is 20.1 Å². The smallest absolute Gasteiger partial charge is 0.250 e. The molecular weight excluding hydrogens is 250 g/mol. The average Bonchev–Trinajstić information content (AvgIpc) is 2.47. The Labute approximate surface area is 121 Å². The van der Waals surface area contributed by atoms with E-state index in [2.05, 4.69) is 24.2 Å². The van der Waals surface area contributed by atoms with E-state index in [0.717, 1.165) is 19.6 Å². The molecule has 0 atom stereocenters. The van der Waals surface area contributed by atoms with Gasteiger partial charge in [0.05, 0.1) is 0 Å². The quantitative estimate of drug-likeness (QED) is 0.860. The van der Waals surface area contributed by atoms with Crippen LogP contribution in [0.2, 0.25) is 0 Å². The third-order valence-electron chi connectivity index (χ3n) is 4.41. The molecule has 1 fully saturated rings. The number of likely N-dealkylation sites (N-methyl/N-ethyl adjacent to an activating group) is 1. The number of hydrogen-bond acceptors (Lipinski definition) is 3. The van der Waals surface area contributed by atoms with Crippen molar-refractivity contribution < 1.29 is 0 Å². The SMILES string of the molecule is CCNC1CCC(N(C)CCn2ccccc2=O)CC1. The van der Waals surface area contributed by atoms with Crippen LogP contribution in [0.5, 0.6) is 0 Å². The maximum atomic E-state index is 11.7. The second-order valence-electron chi connectivity index (χ2n) is 5.78. The van der Waals surface area contributed by atoms with Crippen LogP contribution in [-0.2, 0) is 6.54 Å². The predicted octanol–water partition coefficient (Wildman–Crippen LogP) is 1.70. The fraction of sp³-hybridized carbons (Fsp3) is 0.688. The van der Waals surface area contributed by atoms with Gasteiger partial charge < -0.3 is 14.8 Å². The van der Waals surface area contributed by atoms with Crippen LogP contribution in [0, 0.1) is 0 Å². The van der Waals surface area contributed by atoms with Crippen LogP contribution >= 0.6 is 0 Å². The number of pyridine rings is 1. The van der Waals surface area contributed by atoms with Gasteiger partial charge in [0.1, 0.15) is 0 Å². The van der Waals surface area contributed by atoms with Crippen LogP contribution in [0.3, 0.4) is 0 Å². The second-order valence-corrected chi connectivity index (χ2v) is 5.78. The summed E-state index contributed by atoms with van der Waals surface area (Å²) in [4.78, 5) is 14.1. The van der Waals surface area contributed by atoms with Crippen LogP contribution in [0.25, 0.3) is 0 Å². The molecule has 4 nitrogen and oxygen atoms in total. The first-order valence-electron chi connectivity index (χ1n) is 7.79. The van der Waals surface area contributed by atoms with Gasteiger partial charge in [-0.3, -0.25) is 4.79 Å². The fourth-order valence-corrected chi connectivity index (χ4v) is 3.10. The molecule has 0 radical (unpaired) electrons. The zero-order valence-electron chi connectivity index (χ0n) is 12.7. The molecule has 0 unspecified atom stereocenters. The molecular formula is C16H27N3O. The fourth-order valence-electron chi connectivity index (χ4n) is 3.10. The van der Waals surface area contributed by atoms with E-state index in [1.807, 2.05) is 12.3 Å². The molecule has 4 heteroatoms. The Kier molecular flexibility index (Phi) is 5.80. The minimum atomic E-state index is 0.0942. The molecule has 0 bridgehead atoms. The van der Waals surface area contributed by atoms with E-state index in [-0.39, 0.29) is 5.56 Å². The van der Waals surface area contributed by atoms with Gasteiger partial charge in [0.15, 0.2) is 0 Å². The summed E-state index contributed by atoms with van der Waals surface area (Å²) >= 11 is 0. The first kappa shape index (κ1) is 15.3. The van der Waals surface area contributed by atoms with Crippen LogP contribution in [0.4, 0.5) is 0 Å². The van der Waals surface area contributed by atoms with E-state index in [4.69, 9.17) is 0 Å². The Hall–Kier alpha value is -1.13. The number of nitrogens with zero attached hydrogens (tertiary/aromatic N) is 2. The molecule has 0 aromatic carbocycles. The Bertz CT molecular complexity index is 449. The van der Waals surface area contributed by atoms with Gasteiger partial charge in [0.2, 0.25) is 0 Å². The molecule has 20 heavy (non-hydrogen) atoms. The third-order valence-corrected chi connectivity index (χ3v) is 4.41.